The van der Waals surface area contributed by atoms with Gasteiger partial charge in [0.1, 0.15) is 18.0 Å². The molecule has 0 aliphatic carbocycles. The number of ether oxygens (including phenoxy) is 2. The highest BCUT2D eigenvalue weighted by molar-refractivity contribution is 5.47. The second kappa shape index (κ2) is 7.24. The van der Waals surface area contributed by atoms with Crippen molar-refractivity contribution in [3.05, 3.63) is 12.4 Å². The Bertz CT molecular complexity index is 469. The van der Waals surface area contributed by atoms with E-state index < -0.39 is 0 Å². The summed E-state index contributed by atoms with van der Waals surface area (Å²) in [5.41, 5.74) is 0. The van der Waals surface area contributed by atoms with Gasteiger partial charge in [0.15, 0.2) is 0 Å². The summed E-state index contributed by atoms with van der Waals surface area (Å²) in [7, 11) is 0. The SMILES string of the molecule is C[C@@H]1CC(Nc2cc(N[C@H]3CCCOC3)ncn2)C[C@H](C)O1. The van der Waals surface area contributed by atoms with Crippen molar-refractivity contribution < 1.29 is 9.47 Å². The van der Waals surface area contributed by atoms with Gasteiger partial charge < -0.3 is 20.1 Å². The minimum Gasteiger partial charge on any atom is -0.379 e. The summed E-state index contributed by atoms with van der Waals surface area (Å²) in [4.78, 5) is 8.66. The molecule has 0 saturated carbocycles. The van der Waals surface area contributed by atoms with E-state index in [1.165, 1.54) is 0 Å². The van der Waals surface area contributed by atoms with E-state index in [4.69, 9.17) is 9.47 Å². The molecular weight excluding hydrogens is 280 g/mol. The second-order valence-corrected chi connectivity index (χ2v) is 6.42. The first-order valence-corrected chi connectivity index (χ1v) is 8.27. The number of aromatic nitrogens is 2. The maximum absolute atomic E-state index is 5.78. The number of hydrogen-bond donors (Lipinski definition) is 2. The number of anilines is 2. The van der Waals surface area contributed by atoms with E-state index in [9.17, 15) is 0 Å². The topological polar surface area (TPSA) is 68.3 Å². The van der Waals surface area contributed by atoms with Crippen LogP contribution in [0.25, 0.3) is 0 Å². The molecule has 3 rings (SSSR count). The van der Waals surface area contributed by atoms with Crippen LogP contribution in [0.5, 0.6) is 0 Å². The van der Waals surface area contributed by atoms with Crippen LogP contribution in [0.15, 0.2) is 12.4 Å². The molecule has 2 aliphatic heterocycles. The van der Waals surface area contributed by atoms with Crippen LogP contribution in [-0.4, -0.2) is 47.5 Å². The molecule has 4 atom stereocenters. The standard InChI is InChI=1S/C16H26N4O2/c1-11-6-14(7-12(2)22-11)20-16-8-15(17-10-18-16)19-13-4-3-5-21-9-13/h8,10-14H,3-7,9H2,1-2H3,(H2,17,18,19,20)/t11-,12+,13-,14?/m0/s1. The lowest BCUT2D eigenvalue weighted by atomic mass is 10.00. The van der Waals surface area contributed by atoms with Crippen LogP contribution in [0.4, 0.5) is 11.6 Å². The van der Waals surface area contributed by atoms with Gasteiger partial charge in [0.25, 0.3) is 0 Å². The summed E-state index contributed by atoms with van der Waals surface area (Å²) < 4.78 is 11.3. The Hall–Kier alpha value is -1.40. The van der Waals surface area contributed by atoms with Crippen molar-refractivity contribution in [3.8, 4) is 0 Å². The van der Waals surface area contributed by atoms with Crippen LogP contribution < -0.4 is 10.6 Å². The van der Waals surface area contributed by atoms with Gasteiger partial charge in [0, 0.05) is 18.7 Å². The normalized spacial score (nSPS) is 32.5. The summed E-state index contributed by atoms with van der Waals surface area (Å²) in [6, 6.07) is 2.73. The van der Waals surface area contributed by atoms with Gasteiger partial charge in [0.05, 0.1) is 24.9 Å². The lowest BCUT2D eigenvalue weighted by Crippen LogP contribution is -2.37. The van der Waals surface area contributed by atoms with Gasteiger partial charge in [-0.25, -0.2) is 9.97 Å². The molecule has 1 unspecified atom stereocenters. The summed E-state index contributed by atoms with van der Waals surface area (Å²) in [6.45, 7) is 5.87. The Kier molecular flexibility index (Phi) is 5.10. The lowest BCUT2D eigenvalue weighted by molar-refractivity contribution is -0.0338. The molecule has 0 spiro atoms. The van der Waals surface area contributed by atoms with Crippen molar-refractivity contribution in [2.45, 2.75) is 63.8 Å². The Labute approximate surface area is 132 Å². The molecule has 6 nitrogen and oxygen atoms in total. The highest BCUT2D eigenvalue weighted by Gasteiger charge is 2.24. The number of rotatable bonds is 4. The summed E-state index contributed by atoms with van der Waals surface area (Å²) in [5.74, 6) is 1.74. The van der Waals surface area contributed by atoms with E-state index in [-0.39, 0.29) is 0 Å². The Balaban J connectivity index is 1.58. The Morgan fingerprint density at radius 3 is 2.36 bits per heavy atom. The molecule has 2 fully saturated rings. The fourth-order valence-corrected chi connectivity index (χ4v) is 3.31. The third-order valence-electron chi connectivity index (χ3n) is 4.23. The van der Waals surface area contributed by atoms with Crippen molar-refractivity contribution in [3.63, 3.8) is 0 Å². The van der Waals surface area contributed by atoms with Crippen LogP contribution >= 0.6 is 0 Å². The highest BCUT2D eigenvalue weighted by Crippen LogP contribution is 2.22. The minimum atomic E-state index is 0.292. The third kappa shape index (κ3) is 4.30. The minimum absolute atomic E-state index is 0.292. The molecule has 22 heavy (non-hydrogen) atoms. The smallest absolute Gasteiger partial charge is 0.131 e. The molecule has 0 aromatic carbocycles. The summed E-state index contributed by atoms with van der Waals surface area (Å²) in [6.07, 6.45) is 6.44. The molecule has 122 valence electrons. The first-order valence-electron chi connectivity index (χ1n) is 8.27. The number of nitrogens with one attached hydrogen (secondary N) is 2. The van der Waals surface area contributed by atoms with Gasteiger partial charge in [-0.1, -0.05) is 0 Å². The highest BCUT2D eigenvalue weighted by atomic mass is 16.5. The van der Waals surface area contributed by atoms with Crippen molar-refractivity contribution >= 4 is 11.6 Å². The number of nitrogens with zero attached hydrogens (tertiary/aromatic N) is 2. The van der Waals surface area contributed by atoms with Gasteiger partial charge in [-0.3, -0.25) is 0 Å². The van der Waals surface area contributed by atoms with Crippen molar-refractivity contribution in [2.24, 2.45) is 0 Å². The van der Waals surface area contributed by atoms with Gasteiger partial charge in [0.2, 0.25) is 0 Å². The first kappa shape index (κ1) is 15.5. The zero-order valence-electron chi connectivity index (χ0n) is 13.4. The fraction of sp³-hybridized carbons (Fsp3) is 0.750. The molecule has 0 radical (unpaired) electrons. The van der Waals surface area contributed by atoms with Crippen LogP contribution in [0, 0.1) is 0 Å². The molecule has 2 aliphatic rings. The molecular formula is C16H26N4O2. The van der Waals surface area contributed by atoms with E-state index in [0.717, 1.165) is 50.5 Å². The maximum Gasteiger partial charge on any atom is 0.131 e. The van der Waals surface area contributed by atoms with Crippen molar-refractivity contribution in [1.82, 2.24) is 9.97 Å². The van der Waals surface area contributed by atoms with Crippen molar-refractivity contribution in [1.29, 1.82) is 0 Å². The molecule has 1 aromatic heterocycles. The predicted molar refractivity (Wildman–Crippen MR) is 86.1 cm³/mol. The van der Waals surface area contributed by atoms with Gasteiger partial charge in [-0.15, -0.1) is 0 Å². The number of hydrogen-bond acceptors (Lipinski definition) is 6. The average Bonchev–Trinajstić information content (AvgIpc) is 2.47. The predicted octanol–water partition coefficient (Wildman–Crippen LogP) is 2.44. The molecule has 3 heterocycles. The third-order valence-corrected chi connectivity index (χ3v) is 4.23. The molecule has 6 heteroatoms. The molecule has 2 saturated heterocycles. The van der Waals surface area contributed by atoms with Crippen LogP contribution in [0.1, 0.15) is 39.5 Å². The van der Waals surface area contributed by atoms with E-state index in [1.807, 2.05) is 6.07 Å². The largest absolute Gasteiger partial charge is 0.379 e. The fourth-order valence-electron chi connectivity index (χ4n) is 3.31. The molecule has 0 bridgehead atoms. The van der Waals surface area contributed by atoms with E-state index in [1.54, 1.807) is 6.33 Å². The molecule has 1 aromatic rings. The van der Waals surface area contributed by atoms with E-state index >= 15 is 0 Å². The van der Waals surface area contributed by atoms with E-state index in [0.29, 0.717) is 24.3 Å². The van der Waals surface area contributed by atoms with Crippen molar-refractivity contribution in [2.75, 3.05) is 23.8 Å². The Morgan fingerprint density at radius 2 is 1.73 bits per heavy atom. The zero-order valence-corrected chi connectivity index (χ0v) is 13.4. The summed E-state index contributed by atoms with van der Waals surface area (Å²) in [5, 5.41) is 6.95. The van der Waals surface area contributed by atoms with Gasteiger partial charge in [-0.05, 0) is 39.5 Å². The molecule has 2 N–H and O–H groups in total. The molecule has 0 amide bonds. The van der Waals surface area contributed by atoms with Crippen LogP contribution in [0.3, 0.4) is 0 Å². The lowest BCUT2D eigenvalue weighted by Gasteiger charge is -2.32. The van der Waals surface area contributed by atoms with Crippen LogP contribution in [0.2, 0.25) is 0 Å². The first-order chi connectivity index (χ1) is 10.7. The average molecular weight is 306 g/mol. The maximum atomic E-state index is 5.78. The van der Waals surface area contributed by atoms with Crippen LogP contribution in [-0.2, 0) is 9.47 Å². The second-order valence-electron chi connectivity index (χ2n) is 6.42. The van der Waals surface area contributed by atoms with Gasteiger partial charge in [-0.2, -0.15) is 0 Å². The van der Waals surface area contributed by atoms with E-state index in [2.05, 4.69) is 34.4 Å². The zero-order chi connectivity index (χ0) is 15.4. The van der Waals surface area contributed by atoms with Gasteiger partial charge >= 0.3 is 0 Å². The quantitative estimate of drug-likeness (QED) is 0.890. The monoisotopic (exact) mass is 306 g/mol. The summed E-state index contributed by atoms with van der Waals surface area (Å²) >= 11 is 0. The Morgan fingerprint density at radius 1 is 1.05 bits per heavy atom.